The highest BCUT2D eigenvalue weighted by Gasteiger charge is 2.14. The van der Waals surface area contributed by atoms with Crippen molar-refractivity contribution in [1.29, 1.82) is 0 Å². The second-order valence-electron chi connectivity index (χ2n) is 4.64. The molecule has 0 aliphatic heterocycles. The molecule has 19 heavy (non-hydrogen) atoms. The Morgan fingerprint density at radius 2 is 2.05 bits per heavy atom. The highest BCUT2D eigenvalue weighted by molar-refractivity contribution is 7.80. The first kappa shape index (κ1) is 15.5. The number of benzene rings is 1. The molecule has 4 N–H and O–H groups in total. The third kappa shape index (κ3) is 4.57. The fourth-order valence-corrected chi connectivity index (χ4v) is 1.87. The van der Waals surface area contributed by atoms with E-state index in [1.165, 1.54) is 6.07 Å². The molecule has 0 bridgehead atoms. The zero-order chi connectivity index (χ0) is 14.6. The molecule has 1 aromatic rings. The summed E-state index contributed by atoms with van der Waals surface area (Å²) in [5.74, 6) is -0.840. The summed E-state index contributed by atoms with van der Waals surface area (Å²) in [6.45, 7) is 4.55. The molecule has 0 saturated heterocycles. The number of carbonyl (C=O) groups excluding carboxylic acids is 1. The predicted octanol–water partition coefficient (Wildman–Crippen LogP) is 1.16. The lowest BCUT2D eigenvalue weighted by molar-refractivity contribution is -0.119. The van der Waals surface area contributed by atoms with Crippen LogP contribution in [0.15, 0.2) is 18.2 Å². The van der Waals surface area contributed by atoms with Crippen LogP contribution in [0.25, 0.3) is 0 Å². The van der Waals surface area contributed by atoms with Crippen molar-refractivity contribution in [3.63, 3.8) is 0 Å². The summed E-state index contributed by atoms with van der Waals surface area (Å²) in [5, 5.41) is 0. The predicted molar refractivity (Wildman–Crippen MR) is 77.0 cm³/mol. The average Bonchev–Trinajstić information content (AvgIpc) is 2.29. The molecule has 0 unspecified atom stereocenters. The van der Waals surface area contributed by atoms with Crippen LogP contribution in [0.3, 0.4) is 0 Å². The van der Waals surface area contributed by atoms with Gasteiger partial charge in [-0.25, -0.2) is 4.39 Å². The van der Waals surface area contributed by atoms with E-state index < -0.39 is 11.7 Å². The molecule has 0 fully saturated rings. The van der Waals surface area contributed by atoms with Crippen molar-refractivity contribution in [3.8, 4) is 0 Å². The molecule has 104 valence electrons. The standard InChI is InChI=1S/C13H18FN3OS/c1-8(2)17(7-12(15)18)6-9-3-4-11(14)10(5-9)13(16)19/h3-5,8H,6-7H2,1-2H3,(H2,15,18)(H2,16,19). The molecule has 0 radical (unpaired) electrons. The van der Waals surface area contributed by atoms with Crippen molar-refractivity contribution in [2.45, 2.75) is 26.4 Å². The van der Waals surface area contributed by atoms with E-state index in [1.807, 2.05) is 18.7 Å². The summed E-state index contributed by atoms with van der Waals surface area (Å²) in [6, 6.07) is 4.72. The number of nitrogens with two attached hydrogens (primary N) is 2. The van der Waals surface area contributed by atoms with Crippen LogP contribution in [0.2, 0.25) is 0 Å². The van der Waals surface area contributed by atoms with Crippen LogP contribution in [0.4, 0.5) is 4.39 Å². The molecule has 0 atom stereocenters. The topological polar surface area (TPSA) is 72.3 Å². The van der Waals surface area contributed by atoms with Gasteiger partial charge in [0.1, 0.15) is 10.8 Å². The number of thiocarbonyl (C=S) groups is 1. The van der Waals surface area contributed by atoms with E-state index >= 15 is 0 Å². The fraction of sp³-hybridized carbons (Fsp3) is 0.385. The fourth-order valence-electron chi connectivity index (χ4n) is 1.72. The molecule has 0 spiro atoms. The number of amides is 1. The first-order valence-corrected chi connectivity index (χ1v) is 6.32. The van der Waals surface area contributed by atoms with Gasteiger partial charge in [-0.3, -0.25) is 9.69 Å². The van der Waals surface area contributed by atoms with Crippen LogP contribution >= 0.6 is 12.2 Å². The second-order valence-corrected chi connectivity index (χ2v) is 5.08. The minimum absolute atomic E-state index is 0.0188. The first-order chi connectivity index (χ1) is 8.81. The summed E-state index contributed by atoms with van der Waals surface area (Å²) in [5.41, 5.74) is 11.7. The molecule has 1 aromatic carbocycles. The average molecular weight is 283 g/mol. The normalized spacial score (nSPS) is 11.0. The summed E-state index contributed by atoms with van der Waals surface area (Å²) >= 11 is 4.79. The van der Waals surface area contributed by atoms with Crippen LogP contribution in [-0.4, -0.2) is 28.4 Å². The third-order valence-corrected chi connectivity index (χ3v) is 2.99. The molecule has 4 nitrogen and oxygen atoms in total. The Labute approximate surface area is 117 Å². The van der Waals surface area contributed by atoms with Crippen LogP contribution in [0, 0.1) is 5.82 Å². The molecule has 1 rings (SSSR count). The Morgan fingerprint density at radius 3 is 2.53 bits per heavy atom. The quantitative estimate of drug-likeness (QED) is 0.768. The van der Waals surface area contributed by atoms with Gasteiger partial charge in [-0.05, 0) is 31.5 Å². The van der Waals surface area contributed by atoms with Crippen LogP contribution < -0.4 is 11.5 Å². The maximum atomic E-state index is 13.5. The minimum atomic E-state index is -0.442. The first-order valence-electron chi connectivity index (χ1n) is 5.92. The van der Waals surface area contributed by atoms with Crippen molar-refractivity contribution in [1.82, 2.24) is 4.90 Å². The molecule has 0 saturated carbocycles. The van der Waals surface area contributed by atoms with Crippen molar-refractivity contribution in [2.75, 3.05) is 6.54 Å². The third-order valence-electron chi connectivity index (χ3n) is 2.77. The number of hydrogen-bond acceptors (Lipinski definition) is 3. The van der Waals surface area contributed by atoms with Crippen molar-refractivity contribution in [3.05, 3.63) is 35.1 Å². The van der Waals surface area contributed by atoms with Crippen molar-refractivity contribution < 1.29 is 9.18 Å². The van der Waals surface area contributed by atoms with Gasteiger partial charge >= 0.3 is 0 Å². The molecular formula is C13H18FN3OS. The summed E-state index contributed by atoms with van der Waals surface area (Å²) in [4.78, 5) is 12.9. The van der Waals surface area contributed by atoms with Crippen molar-refractivity contribution in [2.24, 2.45) is 11.5 Å². The van der Waals surface area contributed by atoms with E-state index in [4.69, 9.17) is 23.7 Å². The van der Waals surface area contributed by atoms with Gasteiger partial charge in [0.25, 0.3) is 0 Å². The van der Waals surface area contributed by atoms with Gasteiger partial charge in [0, 0.05) is 18.2 Å². The van der Waals surface area contributed by atoms with E-state index in [-0.39, 0.29) is 23.1 Å². The van der Waals surface area contributed by atoms with Gasteiger partial charge in [-0.2, -0.15) is 0 Å². The van der Waals surface area contributed by atoms with Gasteiger partial charge in [-0.1, -0.05) is 18.3 Å². The summed E-state index contributed by atoms with van der Waals surface area (Å²) in [6.07, 6.45) is 0. The minimum Gasteiger partial charge on any atom is -0.389 e. The Morgan fingerprint density at radius 1 is 1.42 bits per heavy atom. The van der Waals surface area contributed by atoms with E-state index in [1.54, 1.807) is 12.1 Å². The monoisotopic (exact) mass is 283 g/mol. The largest absolute Gasteiger partial charge is 0.389 e. The maximum Gasteiger partial charge on any atom is 0.231 e. The van der Waals surface area contributed by atoms with Gasteiger partial charge in [0.05, 0.1) is 6.54 Å². The lowest BCUT2D eigenvalue weighted by Crippen LogP contribution is -2.38. The highest BCUT2D eigenvalue weighted by Crippen LogP contribution is 2.14. The van der Waals surface area contributed by atoms with E-state index in [9.17, 15) is 9.18 Å². The SMILES string of the molecule is CC(C)N(CC(N)=O)Cc1ccc(F)c(C(N)=S)c1. The zero-order valence-electron chi connectivity index (χ0n) is 11.0. The number of carbonyl (C=O) groups is 1. The Kier molecular flexibility index (Phi) is 5.38. The molecule has 0 heterocycles. The van der Waals surface area contributed by atoms with E-state index in [0.717, 1.165) is 5.56 Å². The Balaban J connectivity index is 2.93. The van der Waals surface area contributed by atoms with Gasteiger partial charge in [0.2, 0.25) is 5.91 Å². The van der Waals surface area contributed by atoms with Gasteiger partial charge < -0.3 is 11.5 Å². The lowest BCUT2D eigenvalue weighted by atomic mass is 10.1. The Hall–Kier alpha value is -1.53. The molecule has 0 aliphatic rings. The van der Waals surface area contributed by atoms with Crippen LogP contribution in [-0.2, 0) is 11.3 Å². The van der Waals surface area contributed by atoms with E-state index in [0.29, 0.717) is 6.54 Å². The number of hydrogen-bond donors (Lipinski definition) is 2. The lowest BCUT2D eigenvalue weighted by Gasteiger charge is -2.25. The van der Waals surface area contributed by atoms with Gasteiger partial charge in [-0.15, -0.1) is 0 Å². The molecular weight excluding hydrogens is 265 g/mol. The van der Waals surface area contributed by atoms with Crippen molar-refractivity contribution >= 4 is 23.1 Å². The van der Waals surface area contributed by atoms with Gasteiger partial charge in [0.15, 0.2) is 0 Å². The van der Waals surface area contributed by atoms with E-state index in [2.05, 4.69) is 0 Å². The highest BCUT2D eigenvalue weighted by atomic mass is 32.1. The smallest absolute Gasteiger partial charge is 0.231 e. The Bertz CT molecular complexity index is 491. The molecule has 1 amide bonds. The summed E-state index contributed by atoms with van der Waals surface area (Å²) in [7, 11) is 0. The maximum absolute atomic E-state index is 13.5. The number of rotatable bonds is 6. The number of halogens is 1. The zero-order valence-corrected chi connectivity index (χ0v) is 11.8. The number of nitrogens with zero attached hydrogens (tertiary/aromatic N) is 1. The molecule has 0 aliphatic carbocycles. The molecule has 0 aromatic heterocycles. The number of primary amides is 1. The summed E-state index contributed by atoms with van der Waals surface area (Å²) < 4.78 is 13.5. The van der Waals surface area contributed by atoms with Crippen LogP contribution in [0.1, 0.15) is 25.0 Å². The molecule has 6 heteroatoms. The second kappa shape index (κ2) is 6.58. The van der Waals surface area contributed by atoms with Crippen LogP contribution in [0.5, 0.6) is 0 Å².